The number of carbonyl (C=O) groups excluding carboxylic acids is 1. The highest BCUT2D eigenvalue weighted by Gasteiger charge is 2.25. The molecule has 1 aliphatic heterocycles. The second-order valence-electron chi connectivity index (χ2n) is 7.40. The molecule has 1 aromatic heterocycles. The van der Waals surface area contributed by atoms with Crippen LogP contribution in [0, 0.1) is 6.57 Å². The van der Waals surface area contributed by atoms with Gasteiger partial charge in [-0.05, 0) is 42.7 Å². The highest BCUT2D eigenvalue weighted by Crippen LogP contribution is 2.36. The number of piperidine rings is 1. The lowest BCUT2D eigenvalue weighted by Crippen LogP contribution is -2.35. The summed E-state index contributed by atoms with van der Waals surface area (Å²) < 4.78 is 0. The molecule has 2 aromatic carbocycles. The zero-order chi connectivity index (χ0) is 21.6. The second kappa shape index (κ2) is 9.13. The van der Waals surface area contributed by atoms with E-state index in [1.807, 2.05) is 48.5 Å². The number of nitrogens with two attached hydrogens (primary N) is 1. The first-order valence-electron chi connectivity index (χ1n) is 10.1. The molecule has 1 saturated heterocycles. The molecule has 0 aliphatic carbocycles. The largest absolute Gasteiger partial charge is 0.392 e. The summed E-state index contributed by atoms with van der Waals surface area (Å²) in [5.41, 5.74) is 8.77. The number of nitrogens with zero attached hydrogens (tertiary/aromatic N) is 4. The summed E-state index contributed by atoms with van der Waals surface area (Å²) in [5, 5.41) is 5.72. The van der Waals surface area contributed by atoms with E-state index in [1.165, 1.54) is 6.33 Å². The fourth-order valence-electron chi connectivity index (χ4n) is 3.85. The van der Waals surface area contributed by atoms with Gasteiger partial charge in [0, 0.05) is 30.4 Å². The summed E-state index contributed by atoms with van der Waals surface area (Å²) in [6.45, 7) is 8.96. The monoisotopic (exact) mass is 413 g/mol. The number of amides is 2. The second-order valence-corrected chi connectivity index (χ2v) is 7.40. The van der Waals surface area contributed by atoms with E-state index in [0.717, 1.165) is 42.9 Å². The van der Waals surface area contributed by atoms with Crippen LogP contribution in [0.4, 0.5) is 33.5 Å². The van der Waals surface area contributed by atoms with Crippen molar-refractivity contribution in [2.45, 2.75) is 18.8 Å². The van der Waals surface area contributed by atoms with Gasteiger partial charge in [-0.25, -0.2) is 19.6 Å². The molecule has 2 heterocycles. The lowest BCUT2D eigenvalue weighted by molar-refractivity contribution is 0.262. The van der Waals surface area contributed by atoms with Crippen molar-refractivity contribution in [1.29, 1.82) is 0 Å². The zero-order valence-electron chi connectivity index (χ0n) is 17.0. The summed E-state index contributed by atoms with van der Waals surface area (Å²) in [6.07, 6.45) is 3.39. The number of nitrogen functional groups attached to an aromatic ring is 1. The van der Waals surface area contributed by atoms with Gasteiger partial charge >= 0.3 is 6.03 Å². The van der Waals surface area contributed by atoms with Crippen LogP contribution in [-0.2, 0) is 0 Å². The molecule has 2 amide bonds. The minimum absolute atomic E-state index is 0.206. The van der Waals surface area contributed by atoms with Gasteiger partial charge in [0.05, 0.1) is 6.57 Å². The van der Waals surface area contributed by atoms with Crippen molar-refractivity contribution in [3.05, 3.63) is 77.9 Å². The Bertz CT molecular complexity index is 1110. The van der Waals surface area contributed by atoms with E-state index < -0.39 is 0 Å². The minimum atomic E-state index is -0.285. The van der Waals surface area contributed by atoms with Crippen LogP contribution in [0.3, 0.4) is 0 Å². The Morgan fingerprint density at radius 1 is 1.10 bits per heavy atom. The molecule has 0 spiro atoms. The summed E-state index contributed by atoms with van der Waals surface area (Å²) in [7, 11) is 0. The predicted molar refractivity (Wildman–Crippen MR) is 122 cm³/mol. The van der Waals surface area contributed by atoms with Crippen LogP contribution in [0.5, 0.6) is 0 Å². The molecule has 8 nitrogen and oxygen atoms in total. The number of rotatable bonds is 4. The van der Waals surface area contributed by atoms with Crippen LogP contribution in [0.1, 0.15) is 24.3 Å². The number of para-hydroxylation sites is 1. The van der Waals surface area contributed by atoms with Crippen LogP contribution >= 0.6 is 0 Å². The zero-order valence-corrected chi connectivity index (χ0v) is 17.0. The topological polar surface area (TPSA) is 101 Å². The lowest BCUT2D eigenvalue weighted by Gasteiger charge is -2.34. The van der Waals surface area contributed by atoms with Crippen molar-refractivity contribution in [1.82, 2.24) is 9.97 Å². The van der Waals surface area contributed by atoms with Crippen molar-refractivity contribution in [2.75, 3.05) is 34.4 Å². The van der Waals surface area contributed by atoms with Gasteiger partial charge in [0.2, 0.25) is 0 Å². The van der Waals surface area contributed by atoms with E-state index in [9.17, 15) is 4.79 Å². The molecule has 0 radical (unpaired) electrons. The first-order chi connectivity index (χ1) is 15.1. The normalized spacial score (nSPS) is 15.7. The third-order valence-corrected chi connectivity index (χ3v) is 5.31. The number of carbonyl (C=O) groups is 1. The van der Waals surface area contributed by atoms with E-state index in [1.54, 1.807) is 0 Å². The maximum absolute atomic E-state index is 12.3. The average molecular weight is 413 g/mol. The molecular formula is C23H23N7O. The molecule has 156 valence electrons. The van der Waals surface area contributed by atoms with Crippen molar-refractivity contribution < 1.29 is 4.79 Å². The number of urea groups is 1. The standard InChI is InChI=1S/C23H23N7O/c1-25-20-21(24)26-15-27-22(20)30-12-6-8-17(14-30)16-7-5-11-19(13-16)29-23(31)28-18-9-3-2-4-10-18/h2-5,7,9-11,13,15,17H,6,8,12,14H2,(H2,24,26,27)(H2,28,29,31). The van der Waals surface area contributed by atoms with Gasteiger partial charge in [-0.15, -0.1) is 0 Å². The number of hydrogen-bond donors (Lipinski definition) is 3. The molecular weight excluding hydrogens is 390 g/mol. The quantitative estimate of drug-likeness (QED) is 0.541. The first kappa shape index (κ1) is 20.2. The Balaban J connectivity index is 1.47. The molecule has 3 aromatic rings. The van der Waals surface area contributed by atoms with Gasteiger partial charge < -0.3 is 21.3 Å². The number of benzene rings is 2. The molecule has 1 aliphatic rings. The lowest BCUT2D eigenvalue weighted by atomic mass is 9.90. The van der Waals surface area contributed by atoms with Crippen LogP contribution in [0.25, 0.3) is 4.85 Å². The summed E-state index contributed by atoms with van der Waals surface area (Å²) >= 11 is 0. The Kier molecular flexibility index (Phi) is 5.94. The van der Waals surface area contributed by atoms with Crippen molar-refractivity contribution in [2.24, 2.45) is 0 Å². The van der Waals surface area contributed by atoms with Gasteiger partial charge in [0.1, 0.15) is 18.0 Å². The molecule has 31 heavy (non-hydrogen) atoms. The van der Waals surface area contributed by atoms with Gasteiger partial charge in [-0.2, -0.15) is 0 Å². The SMILES string of the molecule is [C-]#[N+]c1c(N)ncnc1N1CCCC(c2cccc(NC(=O)Nc3ccccc3)c2)C1. The van der Waals surface area contributed by atoms with E-state index >= 15 is 0 Å². The van der Waals surface area contributed by atoms with E-state index in [0.29, 0.717) is 11.5 Å². The third kappa shape index (κ3) is 4.73. The molecule has 0 bridgehead atoms. The number of nitrogens with one attached hydrogen (secondary N) is 2. The Labute approximate surface area is 180 Å². The molecule has 1 fully saturated rings. The van der Waals surface area contributed by atoms with Gasteiger partial charge in [0.25, 0.3) is 5.69 Å². The Morgan fingerprint density at radius 2 is 1.87 bits per heavy atom. The molecule has 1 unspecified atom stereocenters. The fourth-order valence-corrected chi connectivity index (χ4v) is 3.85. The molecule has 8 heteroatoms. The van der Waals surface area contributed by atoms with Gasteiger partial charge in [-0.1, -0.05) is 30.3 Å². The maximum atomic E-state index is 12.3. The Morgan fingerprint density at radius 3 is 2.68 bits per heavy atom. The van der Waals surface area contributed by atoms with Crippen molar-refractivity contribution in [3.63, 3.8) is 0 Å². The van der Waals surface area contributed by atoms with Gasteiger partial charge in [0.15, 0.2) is 0 Å². The average Bonchev–Trinajstić information content (AvgIpc) is 2.80. The van der Waals surface area contributed by atoms with Crippen LogP contribution in [0.15, 0.2) is 60.9 Å². The summed E-state index contributed by atoms with van der Waals surface area (Å²) in [5.74, 6) is 1.05. The van der Waals surface area contributed by atoms with Gasteiger partial charge in [-0.3, -0.25) is 0 Å². The molecule has 0 saturated carbocycles. The van der Waals surface area contributed by atoms with E-state index in [2.05, 4.69) is 36.4 Å². The predicted octanol–water partition coefficient (Wildman–Crippen LogP) is 4.64. The molecule has 1 atom stereocenters. The number of aromatic nitrogens is 2. The van der Waals surface area contributed by atoms with Crippen molar-refractivity contribution >= 4 is 34.7 Å². The number of anilines is 4. The highest BCUT2D eigenvalue weighted by molar-refractivity contribution is 5.99. The van der Waals surface area contributed by atoms with E-state index in [4.69, 9.17) is 12.3 Å². The summed E-state index contributed by atoms with van der Waals surface area (Å²) in [4.78, 5) is 26.2. The fraction of sp³-hybridized carbons (Fsp3) is 0.217. The van der Waals surface area contributed by atoms with Crippen LogP contribution in [0.2, 0.25) is 0 Å². The van der Waals surface area contributed by atoms with Crippen LogP contribution in [-0.4, -0.2) is 29.1 Å². The number of hydrogen-bond acceptors (Lipinski definition) is 5. The maximum Gasteiger partial charge on any atom is 0.323 e. The molecule has 4 N–H and O–H groups in total. The minimum Gasteiger partial charge on any atom is -0.392 e. The third-order valence-electron chi connectivity index (χ3n) is 5.31. The van der Waals surface area contributed by atoms with E-state index in [-0.39, 0.29) is 17.8 Å². The highest BCUT2D eigenvalue weighted by atomic mass is 16.2. The first-order valence-corrected chi connectivity index (χ1v) is 10.1. The Hall–Kier alpha value is -4.12. The molecule has 4 rings (SSSR count). The smallest absolute Gasteiger partial charge is 0.323 e. The van der Waals surface area contributed by atoms with Crippen LogP contribution < -0.4 is 21.3 Å². The van der Waals surface area contributed by atoms with Crippen molar-refractivity contribution in [3.8, 4) is 0 Å². The summed E-state index contributed by atoms with van der Waals surface area (Å²) in [6, 6.07) is 16.9.